The van der Waals surface area contributed by atoms with Crippen LogP contribution in [0.15, 0.2) is 36.5 Å². The van der Waals surface area contributed by atoms with Gasteiger partial charge in [-0.3, -0.25) is 9.69 Å². The highest BCUT2D eigenvalue weighted by Gasteiger charge is 2.31. The van der Waals surface area contributed by atoms with E-state index in [-0.39, 0.29) is 23.7 Å². The van der Waals surface area contributed by atoms with E-state index in [1.54, 1.807) is 13.2 Å². The number of anilines is 1. The van der Waals surface area contributed by atoms with Crippen LogP contribution in [-0.4, -0.2) is 68.3 Å². The van der Waals surface area contributed by atoms with Gasteiger partial charge in [-0.05, 0) is 61.9 Å². The fourth-order valence-electron chi connectivity index (χ4n) is 4.94. The van der Waals surface area contributed by atoms with Crippen LogP contribution in [0.4, 0.5) is 10.1 Å². The Labute approximate surface area is 207 Å². The Bertz CT molecular complexity index is 957. The summed E-state index contributed by atoms with van der Waals surface area (Å²) >= 11 is 0. The van der Waals surface area contributed by atoms with Crippen LogP contribution >= 0.6 is 0 Å². The van der Waals surface area contributed by atoms with E-state index in [4.69, 9.17) is 9.47 Å². The summed E-state index contributed by atoms with van der Waals surface area (Å²) in [6, 6.07) is 9.28. The molecule has 0 radical (unpaired) electrons. The van der Waals surface area contributed by atoms with Gasteiger partial charge in [-0.15, -0.1) is 0 Å². The van der Waals surface area contributed by atoms with Gasteiger partial charge in [-0.25, -0.2) is 9.37 Å². The molecule has 2 heterocycles. The molecule has 1 aliphatic carbocycles. The largest absolute Gasteiger partial charge is 0.474 e. The van der Waals surface area contributed by atoms with Gasteiger partial charge in [0.05, 0.1) is 12.8 Å². The number of carbonyl (C=O) groups excluding carboxylic acids is 1. The van der Waals surface area contributed by atoms with Gasteiger partial charge in [0.25, 0.3) is 0 Å². The van der Waals surface area contributed by atoms with Crippen LogP contribution in [0.2, 0.25) is 0 Å². The number of amides is 1. The monoisotopic (exact) mass is 484 g/mol. The molecular formula is C27H37FN4O3. The highest BCUT2D eigenvalue weighted by atomic mass is 19.1. The Kier molecular flexibility index (Phi) is 9.06. The number of hydrogen-bond acceptors (Lipinski definition) is 6. The zero-order chi connectivity index (χ0) is 24.6. The van der Waals surface area contributed by atoms with Crippen molar-refractivity contribution in [3.63, 3.8) is 0 Å². The van der Waals surface area contributed by atoms with Crippen molar-refractivity contribution in [1.82, 2.24) is 15.2 Å². The first-order chi connectivity index (χ1) is 17.0. The van der Waals surface area contributed by atoms with E-state index in [2.05, 4.69) is 40.3 Å². The molecule has 1 aliphatic heterocycles. The van der Waals surface area contributed by atoms with Crippen LogP contribution < -0.4 is 15.0 Å². The van der Waals surface area contributed by atoms with Crippen LogP contribution in [0.25, 0.3) is 0 Å². The SMILES string of the molecule is COCCN(C(=O)C1CCC(Oc2ccc(F)cn2)CC1)c1ccc(CN2CCNCC2)c(C)c1. The zero-order valence-electron chi connectivity index (χ0n) is 20.8. The lowest BCUT2D eigenvalue weighted by Gasteiger charge is -2.32. The fraction of sp³-hybridized carbons (Fsp3) is 0.556. The third-order valence-electron chi connectivity index (χ3n) is 7.04. The molecule has 0 spiro atoms. The molecule has 0 bridgehead atoms. The average molecular weight is 485 g/mol. The minimum atomic E-state index is -0.380. The Morgan fingerprint density at radius 3 is 2.60 bits per heavy atom. The summed E-state index contributed by atoms with van der Waals surface area (Å²) < 4.78 is 24.3. The quantitative estimate of drug-likeness (QED) is 0.587. The van der Waals surface area contributed by atoms with E-state index in [9.17, 15) is 9.18 Å². The number of aryl methyl sites for hydroxylation is 1. The van der Waals surface area contributed by atoms with Crippen LogP contribution in [0.5, 0.6) is 5.88 Å². The van der Waals surface area contributed by atoms with Gasteiger partial charge in [0.2, 0.25) is 11.8 Å². The number of ether oxygens (including phenoxy) is 2. The number of aromatic nitrogens is 1. The summed E-state index contributed by atoms with van der Waals surface area (Å²) in [6.07, 6.45) is 4.22. The van der Waals surface area contributed by atoms with Gasteiger partial charge in [-0.2, -0.15) is 0 Å². The molecule has 2 aliphatic rings. The van der Waals surface area contributed by atoms with E-state index < -0.39 is 0 Å². The lowest BCUT2D eigenvalue weighted by atomic mass is 9.86. The smallest absolute Gasteiger partial charge is 0.230 e. The molecule has 1 saturated carbocycles. The molecule has 2 aromatic rings. The average Bonchev–Trinajstić information content (AvgIpc) is 2.88. The maximum atomic E-state index is 13.6. The first-order valence-electron chi connectivity index (χ1n) is 12.6. The second-order valence-electron chi connectivity index (χ2n) is 9.53. The highest BCUT2D eigenvalue weighted by molar-refractivity contribution is 5.95. The Morgan fingerprint density at radius 2 is 1.94 bits per heavy atom. The number of piperazine rings is 1. The second-order valence-corrected chi connectivity index (χ2v) is 9.53. The number of hydrogen-bond donors (Lipinski definition) is 1. The number of pyridine rings is 1. The van der Waals surface area contributed by atoms with Gasteiger partial charge >= 0.3 is 0 Å². The Hall–Kier alpha value is -2.55. The van der Waals surface area contributed by atoms with E-state index in [1.807, 2.05) is 4.90 Å². The molecule has 8 heteroatoms. The number of nitrogens with zero attached hydrogens (tertiary/aromatic N) is 3. The van der Waals surface area contributed by atoms with Gasteiger partial charge in [0, 0.05) is 64.0 Å². The summed E-state index contributed by atoms with van der Waals surface area (Å²) in [5.41, 5.74) is 3.45. The number of benzene rings is 1. The van der Waals surface area contributed by atoms with Crippen molar-refractivity contribution in [3.8, 4) is 5.88 Å². The van der Waals surface area contributed by atoms with Crippen molar-refractivity contribution in [2.24, 2.45) is 5.92 Å². The number of nitrogens with one attached hydrogen (secondary N) is 1. The Morgan fingerprint density at radius 1 is 1.17 bits per heavy atom. The number of methoxy groups -OCH3 is 1. The van der Waals surface area contributed by atoms with Crippen molar-refractivity contribution in [2.45, 2.75) is 45.3 Å². The first-order valence-corrected chi connectivity index (χ1v) is 12.6. The van der Waals surface area contributed by atoms with E-state index in [0.717, 1.165) is 70.3 Å². The van der Waals surface area contributed by atoms with Crippen LogP contribution in [0.3, 0.4) is 0 Å². The molecule has 1 amide bonds. The maximum absolute atomic E-state index is 13.6. The van der Waals surface area contributed by atoms with Gasteiger partial charge in [-0.1, -0.05) is 6.07 Å². The maximum Gasteiger partial charge on any atom is 0.230 e. The van der Waals surface area contributed by atoms with Crippen LogP contribution in [0.1, 0.15) is 36.8 Å². The summed E-state index contributed by atoms with van der Waals surface area (Å²) in [5, 5.41) is 3.40. The lowest BCUT2D eigenvalue weighted by molar-refractivity contribution is -0.124. The molecule has 4 rings (SSSR count). The van der Waals surface area contributed by atoms with Gasteiger partial charge in [0.15, 0.2) is 0 Å². The molecule has 1 aromatic heterocycles. The topological polar surface area (TPSA) is 66.9 Å². The van der Waals surface area contributed by atoms with Crippen molar-refractivity contribution >= 4 is 11.6 Å². The predicted molar refractivity (Wildman–Crippen MR) is 134 cm³/mol. The molecule has 1 N–H and O–H groups in total. The minimum absolute atomic E-state index is 0.00375. The second kappa shape index (κ2) is 12.4. The number of carbonyl (C=O) groups is 1. The molecule has 1 aromatic carbocycles. The lowest BCUT2D eigenvalue weighted by Crippen LogP contribution is -2.43. The number of halogens is 1. The van der Waals surface area contributed by atoms with Crippen molar-refractivity contribution < 1.29 is 18.7 Å². The van der Waals surface area contributed by atoms with Crippen LogP contribution in [-0.2, 0) is 16.1 Å². The van der Waals surface area contributed by atoms with E-state index >= 15 is 0 Å². The Balaban J connectivity index is 1.38. The summed E-state index contributed by atoms with van der Waals surface area (Å²) in [6.45, 7) is 8.27. The molecule has 190 valence electrons. The third kappa shape index (κ3) is 6.99. The van der Waals surface area contributed by atoms with Crippen molar-refractivity contribution in [1.29, 1.82) is 0 Å². The van der Waals surface area contributed by atoms with Gasteiger partial charge in [0.1, 0.15) is 11.9 Å². The fourth-order valence-corrected chi connectivity index (χ4v) is 4.94. The molecule has 0 unspecified atom stereocenters. The van der Waals surface area contributed by atoms with Crippen LogP contribution in [0, 0.1) is 18.7 Å². The predicted octanol–water partition coefficient (Wildman–Crippen LogP) is 3.55. The molecule has 0 atom stereocenters. The summed E-state index contributed by atoms with van der Waals surface area (Å²) in [4.78, 5) is 21.9. The third-order valence-corrected chi connectivity index (χ3v) is 7.04. The zero-order valence-corrected chi connectivity index (χ0v) is 20.8. The van der Waals surface area contributed by atoms with Crippen molar-refractivity contribution in [3.05, 3.63) is 53.5 Å². The summed E-state index contributed by atoms with van der Waals surface area (Å²) in [5.74, 6) is 0.150. The minimum Gasteiger partial charge on any atom is -0.474 e. The van der Waals surface area contributed by atoms with Crippen molar-refractivity contribution in [2.75, 3.05) is 51.3 Å². The number of rotatable bonds is 9. The molecule has 2 fully saturated rings. The van der Waals surface area contributed by atoms with E-state index in [0.29, 0.717) is 19.0 Å². The molecular weight excluding hydrogens is 447 g/mol. The van der Waals surface area contributed by atoms with E-state index in [1.165, 1.54) is 17.2 Å². The molecule has 1 saturated heterocycles. The molecule has 7 nitrogen and oxygen atoms in total. The standard InChI is InChI=1S/C27H37FN4O3/c1-20-17-24(7-3-22(20)19-31-13-11-29-12-14-31)32(15-16-34-2)27(33)21-4-8-25(9-5-21)35-26-10-6-23(28)18-30-26/h3,6-7,10,17-18,21,25,29H,4-5,8-9,11-16,19H2,1-2H3. The van der Waals surface area contributed by atoms with Gasteiger partial charge < -0.3 is 19.7 Å². The first kappa shape index (κ1) is 25.5. The molecule has 35 heavy (non-hydrogen) atoms. The highest BCUT2D eigenvalue weighted by Crippen LogP contribution is 2.31. The summed E-state index contributed by atoms with van der Waals surface area (Å²) in [7, 11) is 1.66. The normalized spacial score (nSPS) is 21.0.